The van der Waals surface area contributed by atoms with Crippen LogP contribution < -0.4 is 4.74 Å². The highest BCUT2D eigenvalue weighted by Crippen LogP contribution is 2.29. The third-order valence-electron chi connectivity index (χ3n) is 2.66. The second kappa shape index (κ2) is 5.82. The molecule has 0 aliphatic heterocycles. The van der Waals surface area contributed by atoms with E-state index >= 15 is 0 Å². The first kappa shape index (κ1) is 14.4. The van der Waals surface area contributed by atoms with Gasteiger partial charge in [0.05, 0.1) is 13.7 Å². The topological polar surface area (TPSA) is 55.8 Å². The summed E-state index contributed by atoms with van der Waals surface area (Å²) in [5, 5.41) is 10.1. The highest BCUT2D eigenvalue weighted by molar-refractivity contribution is 5.76. The molecule has 100 valence electrons. The predicted molar refractivity (Wildman–Crippen MR) is 64.1 cm³/mol. The maximum absolute atomic E-state index is 13.9. The van der Waals surface area contributed by atoms with Crippen LogP contribution in [0, 0.1) is 0 Å². The Bertz CT molecular complexity index is 400. The lowest BCUT2D eigenvalue weighted by Gasteiger charge is -2.26. The van der Waals surface area contributed by atoms with Gasteiger partial charge in [-0.25, -0.2) is 9.18 Å². The van der Waals surface area contributed by atoms with Crippen LogP contribution in [0.25, 0.3) is 0 Å². The summed E-state index contributed by atoms with van der Waals surface area (Å²) in [6.07, 6.45) is -2.13. The molecular formula is C13H17FO4. The summed E-state index contributed by atoms with van der Waals surface area (Å²) in [4.78, 5) is 11.3. The van der Waals surface area contributed by atoms with E-state index in [-0.39, 0.29) is 12.2 Å². The van der Waals surface area contributed by atoms with Gasteiger partial charge in [0, 0.05) is 0 Å². The summed E-state index contributed by atoms with van der Waals surface area (Å²) >= 11 is 0. The molecule has 0 aliphatic rings. The van der Waals surface area contributed by atoms with Gasteiger partial charge in [-0.1, -0.05) is 12.1 Å². The quantitative estimate of drug-likeness (QED) is 0.816. The lowest BCUT2D eigenvalue weighted by atomic mass is 9.91. The largest absolute Gasteiger partial charge is 0.497 e. The Morgan fingerprint density at radius 1 is 1.44 bits per heavy atom. The summed E-state index contributed by atoms with van der Waals surface area (Å²) in [7, 11) is 1.50. The molecule has 4 nitrogen and oxygen atoms in total. The van der Waals surface area contributed by atoms with E-state index in [1.165, 1.54) is 26.2 Å². The molecule has 0 aromatic heterocycles. The molecule has 0 heterocycles. The van der Waals surface area contributed by atoms with Crippen LogP contribution in [0.3, 0.4) is 0 Å². The maximum atomic E-state index is 13.9. The lowest BCUT2D eigenvalue weighted by molar-refractivity contribution is -0.160. The first-order chi connectivity index (χ1) is 8.43. The number of aliphatic hydroxyl groups is 1. The van der Waals surface area contributed by atoms with Crippen molar-refractivity contribution in [3.63, 3.8) is 0 Å². The summed E-state index contributed by atoms with van der Waals surface area (Å²) < 4.78 is 23.4. The minimum atomic E-state index is -2.13. The Labute approximate surface area is 105 Å². The molecule has 2 atom stereocenters. The van der Waals surface area contributed by atoms with Crippen LogP contribution >= 0.6 is 0 Å². The molecule has 1 N–H and O–H groups in total. The summed E-state index contributed by atoms with van der Waals surface area (Å²) in [6.45, 7) is 2.88. The standard InChI is InChI=1S/C13H17FO4/c1-4-18-12(15)11(14)13(2,16)9-5-7-10(17-3)8-6-9/h5-8,11,16H,4H2,1-3H3/t11?,13-/m0/s1. The van der Waals surface area contributed by atoms with Gasteiger partial charge >= 0.3 is 5.97 Å². The van der Waals surface area contributed by atoms with E-state index in [2.05, 4.69) is 4.74 Å². The van der Waals surface area contributed by atoms with Crippen molar-refractivity contribution in [2.75, 3.05) is 13.7 Å². The molecule has 1 aromatic rings. The van der Waals surface area contributed by atoms with Crippen LogP contribution in [0.15, 0.2) is 24.3 Å². The van der Waals surface area contributed by atoms with Gasteiger partial charge in [0.2, 0.25) is 6.17 Å². The van der Waals surface area contributed by atoms with Crippen molar-refractivity contribution in [1.29, 1.82) is 0 Å². The van der Waals surface area contributed by atoms with Crippen molar-refractivity contribution in [1.82, 2.24) is 0 Å². The predicted octanol–water partition coefficient (Wildman–Crippen LogP) is 1.80. The highest BCUT2D eigenvalue weighted by atomic mass is 19.1. The van der Waals surface area contributed by atoms with E-state index in [9.17, 15) is 14.3 Å². The molecule has 0 amide bonds. The minimum absolute atomic E-state index is 0.0674. The van der Waals surface area contributed by atoms with Crippen LogP contribution in [0.2, 0.25) is 0 Å². The molecule has 0 aliphatic carbocycles. The molecule has 18 heavy (non-hydrogen) atoms. The Hall–Kier alpha value is -1.62. The van der Waals surface area contributed by atoms with Crippen molar-refractivity contribution >= 4 is 5.97 Å². The van der Waals surface area contributed by atoms with Gasteiger partial charge < -0.3 is 14.6 Å². The van der Waals surface area contributed by atoms with E-state index in [0.29, 0.717) is 5.75 Å². The lowest BCUT2D eigenvalue weighted by Crippen LogP contribution is -2.40. The molecule has 0 bridgehead atoms. The Balaban J connectivity index is 2.93. The maximum Gasteiger partial charge on any atom is 0.344 e. The number of ether oxygens (including phenoxy) is 2. The Morgan fingerprint density at radius 2 is 2.00 bits per heavy atom. The Morgan fingerprint density at radius 3 is 2.44 bits per heavy atom. The molecule has 0 fully saturated rings. The molecule has 1 aromatic carbocycles. The first-order valence-corrected chi connectivity index (χ1v) is 5.61. The smallest absolute Gasteiger partial charge is 0.344 e. The zero-order valence-electron chi connectivity index (χ0n) is 10.6. The number of alkyl halides is 1. The fraction of sp³-hybridized carbons (Fsp3) is 0.462. The van der Waals surface area contributed by atoms with Gasteiger partial charge in [-0.05, 0) is 31.5 Å². The van der Waals surface area contributed by atoms with Crippen LogP contribution in [0.4, 0.5) is 4.39 Å². The normalized spacial score (nSPS) is 15.6. The van der Waals surface area contributed by atoms with E-state index in [0.717, 1.165) is 0 Å². The Kier molecular flexibility index (Phi) is 4.67. The molecule has 5 heteroatoms. The van der Waals surface area contributed by atoms with Crippen LogP contribution in [0.5, 0.6) is 5.75 Å². The van der Waals surface area contributed by atoms with Crippen LogP contribution in [-0.2, 0) is 15.1 Å². The molecular weight excluding hydrogens is 239 g/mol. The van der Waals surface area contributed by atoms with Gasteiger partial charge in [0.15, 0.2) is 0 Å². The van der Waals surface area contributed by atoms with Crippen LogP contribution in [0.1, 0.15) is 19.4 Å². The summed E-state index contributed by atoms with van der Waals surface area (Å²) in [5.74, 6) is -0.487. The number of esters is 1. The second-order valence-corrected chi connectivity index (χ2v) is 3.99. The number of halogens is 1. The molecule has 0 spiro atoms. The SMILES string of the molecule is CCOC(=O)C(F)[C@@](C)(O)c1ccc(OC)cc1. The number of carbonyl (C=O) groups is 1. The molecule has 1 rings (SSSR count). The molecule has 0 saturated carbocycles. The zero-order chi connectivity index (χ0) is 13.8. The zero-order valence-corrected chi connectivity index (χ0v) is 10.6. The van der Waals surface area contributed by atoms with Crippen LogP contribution in [-0.4, -0.2) is 31.0 Å². The molecule has 0 radical (unpaired) electrons. The highest BCUT2D eigenvalue weighted by Gasteiger charge is 2.40. The molecule has 0 saturated heterocycles. The van der Waals surface area contributed by atoms with Crippen molar-refractivity contribution in [3.05, 3.63) is 29.8 Å². The number of hydrogen-bond donors (Lipinski definition) is 1. The minimum Gasteiger partial charge on any atom is -0.497 e. The third kappa shape index (κ3) is 2.98. The van der Waals surface area contributed by atoms with E-state index in [4.69, 9.17) is 4.74 Å². The van der Waals surface area contributed by atoms with Gasteiger partial charge in [-0.15, -0.1) is 0 Å². The van der Waals surface area contributed by atoms with Gasteiger partial charge in [0.1, 0.15) is 11.4 Å². The fourth-order valence-electron chi connectivity index (χ4n) is 1.52. The number of benzene rings is 1. The van der Waals surface area contributed by atoms with Gasteiger partial charge in [-0.2, -0.15) is 0 Å². The number of carbonyl (C=O) groups excluding carboxylic acids is 1. The van der Waals surface area contributed by atoms with E-state index in [1.54, 1.807) is 19.1 Å². The second-order valence-electron chi connectivity index (χ2n) is 3.99. The van der Waals surface area contributed by atoms with Gasteiger partial charge in [0.25, 0.3) is 0 Å². The fourth-order valence-corrected chi connectivity index (χ4v) is 1.52. The first-order valence-electron chi connectivity index (χ1n) is 5.61. The van der Waals surface area contributed by atoms with Crippen molar-refractivity contribution < 1.29 is 23.8 Å². The number of methoxy groups -OCH3 is 1. The average Bonchev–Trinajstić information content (AvgIpc) is 2.38. The molecule has 1 unspecified atom stereocenters. The average molecular weight is 256 g/mol. The van der Waals surface area contributed by atoms with Gasteiger partial charge in [-0.3, -0.25) is 0 Å². The van der Waals surface area contributed by atoms with Crippen molar-refractivity contribution in [2.24, 2.45) is 0 Å². The van der Waals surface area contributed by atoms with Crippen molar-refractivity contribution in [2.45, 2.75) is 25.6 Å². The van der Waals surface area contributed by atoms with E-state index < -0.39 is 17.7 Å². The van der Waals surface area contributed by atoms with E-state index in [1.807, 2.05) is 0 Å². The monoisotopic (exact) mass is 256 g/mol. The van der Waals surface area contributed by atoms with Crippen molar-refractivity contribution in [3.8, 4) is 5.75 Å². The summed E-state index contributed by atoms with van der Waals surface area (Å²) in [6, 6.07) is 6.18. The number of hydrogen-bond acceptors (Lipinski definition) is 4. The summed E-state index contributed by atoms with van der Waals surface area (Å²) in [5.41, 5.74) is -1.65. The third-order valence-corrected chi connectivity index (χ3v) is 2.66. The number of rotatable bonds is 5.